The lowest BCUT2D eigenvalue weighted by Crippen LogP contribution is -2.38. The van der Waals surface area contributed by atoms with Gasteiger partial charge in [-0.25, -0.2) is 4.99 Å². The molecule has 0 aliphatic carbocycles. The minimum atomic E-state index is 0.368. The molecule has 0 aliphatic rings. The summed E-state index contributed by atoms with van der Waals surface area (Å²) in [6, 6.07) is 7.78. The molecule has 0 bridgehead atoms. The van der Waals surface area contributed by atoms with Gasteiger partial charge < -0.3 is 14.7 Å². The van der Waals surface area contributed by atoms with Crippen molar-refractivity contribution in [1.29, 1.82) is 0 Å². The molecule has 22 heavy (non-hydrogen) atoms. The van der Waals surface area contributed by atoms with Gasteiger partial charge in [0.1, 0.15) is 6.54 Å². The van der Waals surface area contributed by atoms with E-state index in [-0.39, 0.29) is 0 Å². The van der Waals surface area contributed by atoms with Crippen molar-refractivity contribution in [3.05, 3.63) is 46.6 Å². The Morgan fingerprint density at radius 3 is 2.82 bits per heavy atom. The van der Waals surface area contributed by atoms with Crippen molar-refractivity contribution in [2.24, 2.45) is 4.99 Å². The number of aromatic nitrogens is 2. The van der Waals surface area contributed by atoms with Crippen LogP contribution in [0.3, 0.4) is 0 Å². The second kappa shape index (κ2) is 7.79. The molecule has 1 N–H and O–H groups in total. The van der Waals surface area contributed by atoms with E-state index in [1.54, 1.807) is 6.92 Å². The van der Waals surface area contributed by atoms with E-state index in [1.807, 2.05) is 43.1 Å². The molecule has 0 unspecified atom stereocenters. The molecule has 0 atom stereocenters. The molecule has 0 radical (unpaired) electrons. The van der Waals surface area contributed by atoms with E-state index in [1.165, 1.54) is 0 Å². The number of aliphatic imine (C=N–C) groups is 1. The summed E-state index contributed by atoms with van der Waals surface area (Å²) in [6.45, 7) is 5.59. The van der Waals surface area contributed by atoms with Crippen LogP contribution in [0.4, 0.5) is 0 Å². The van der Waals surface area contributed by atoms with Crippen LogP contribution < -0.4 is 5.32 Å². The molecule has 2 rings (SSSR count). The molecule has 0 fully saturated rings. The number of hydrogen-bond acceptors (Lipinski definition) is 4. The number of guanidine groups is 1. The summed E-state index contributed by atoms with van der Waals surface area (Å²) in [5.74, 6) is 1.88. The fourth-order valence-electron chi connectivity index (χ4n) is 1.98. The normalized spacial score (nSPS) is 11.5. The van der Waals surface area contributed by atoms with E-state index in [0.29, 0.717) is 24.8 Å². The smallest absolute Gasteiger partial charge is 0.223 e. The molecular weight excluding hydrogens is 302 g/mol. The van der Waals surface area contributed by atoms with Gasteiger partial charge in [0.05, 0.1) is 0 Å². The first kappa shape index (κ1) is 16.3. The van der Waals surface area contributed by atoms with Crippen LogP contribution in [0.1, 0.15) is 24.2 Å². The van der Waals surface area contributed by atoms with Gasteiger partial charge in [-0.3, -0.25) is 0 Å². The summed E-state index contributed by atoms with van der Waals surface area (Å²) >= 11 is 6.21. The van der Waals surface area contributed by atoms with Crippen LogP contribution in [0.2, 0.25) is 5.02 Å². The summed E-state index contributed by atoms with van der Waals surface area (Å²) in [6.07, 6.45) is 0. The predicted octanol–water partition coefficient (Wildman–Crippen LogP) is 2.63. The van der Waals surface area contributed by atoms with Crippen LogP contribution >= 0.6 is 11.6 Å². The molecule has 1 aromatic carbocycles. The van der Waals surface area contributed by atoms with Crippen molar-refractivity contribution in [3.63, 3.8) is 0 Å². The zero-order valence-corrected chi connectivity index (χ0v) is 13.8. The lowest BCUT2D eigenvalue weighted by molar-refractivity contribution is 0.387. The minimum Gasteiger partial charge on any atom is -0.357 e. The molecule has 0 aliphatic heterocycles. The molecule has 0 saturated heterocycles. The summed E-state index contributed by atoms with van der Waals surface area (Å²) in [5.41, 5.74) is 1.05. The molecule has 0 amide bonds. The van der Waals surface area contributed by atoms with Crippen molar-refractivity contribution >= 4 is 17.6 Å². The first-order valence-electron chi connectivity index (χ1n) is 7.12. The van der Waals surface area contributed by atoms with Gasteiger partial charge in [-0.2, -0.15) is 4.98 Å². The lowest BCUT2D eigenvalue weighted by Gasteiger charge is -2.22. The SMILES string of the molecule is CCNC(=NCc1noc(C)n1)N(C)Cc1ccccc1Cl. The number of hydrogen-bond donors (Lipinski definition) is 1. The Morgan fingerprint density at radius 2 is 2.18 bits per heavy atom. The van der Waals surface area contributed by atoms with Crippen LogP contribution in [-0.4, -0.2) is 34.6 Å². The van der Waals surface area contributed by atoms with Crippen molar-refractivity contribution in [3.8, 4) is 0 Å². The average molecular weight is 322 g/mol. The maximum atomic E-state index is 6.21. The first-order valence-corrected chi connectivity index (χ1v) is 7.50. The van der Waals surface area contributed by atoms with Gasteiger partial charge in [-0.1, -0.05) is 35.0 Å². The highest BCUT2D eigenvalue weighted by Crippen LogP contribution is 2.16. The van der Waals surface area contributed by atoms with Gasteiger partial charge in [0.15, 0.2) is 11.8 Å². The number of nitrogens with zero attached hydrogens (tertiary/aromatic N) is 4. The summed E-state index contributed by atoms with van der Waals surface area (Å²) in [7, 11) is 1.96. The van der Waals surface area contributed by atoms with Crippen molar-refractivity contribution in [2.75, 3.05) is 13.6 Å². The van der Waals surface area contributed by atoms with Crippen LogP contribution in [0.25, 0.3) is 0 Å². The predicted molar refractivity (Wildman–Crippen MR) is 86.8 cm³/mol. The Bertz CT molecular complexity index is 640. The van der Waals surface area contributed by atoms with Gasteiger partial charge in [-0.05, 0) is 18.6 Å². The van der Waals surface area contributed by atoms with Gasteiger partial charge in [0.2, 0.25) is 5.89 Å². The molecule has 118 valence electrons. The largest absolute Gasteiger partial charge is 0.357 e. The summed E-state index contributed by atoms with van der Waals surface area (Å²) in [5, 5.41) is 7.84. The van der Waals surface area contributed by atoms with Crippen LogP contribution in [0, 0.1) is 6.92 Å². The molecular formula is C15H20ClN5O. The van der Waals surface area contributed by atoms with E-state index >= 15 is 0 Å². The van der Waals surface area contributed by atoms with Crippen LogP contribution in [0.15, 0.2) is 33.8 Å². The molecule has 1 aromatic heterocycles. The van der Waals surface area contributed by atoms with E-state index in [9.17, 15) is 0 Å². The number of rotatable bonds is 5. The Kier molecular flexibility index (Phi) is 5.77. The Labute approximate surface area is 135 Å². The Morgan fingerprint density at radius 1 is 1.41 bits per heavy atom. The Hall–Kier alpha value is -2.08. The maximum Gasteiger partial charge on any atom is 0.223 e. The van der Waals surface area contributed by atoms with Crippen LogP contribution in [0.5, 0.6) is 0 Å². The average Bonchev–Trinajstić information content (AvgIpc) is 2.91. The molecule has 0 spiro atoms. The second-order valence-corrected chi connectivity index (χ2v) is 5.25. The third kappa shape index (κ3) is 4.46. The molecule has 0 saturated carbocycles. The third-order valence-electron chi connectivity index (χ3n) is 3.00. The molecule has 7 heteroatoms. The molecule has 1 heterocycles. The van der Waals surface area contributed by atoms with Crippen molar-refractivity contribution in [1.82, 2.24) is 20.4 Å². The highest BCUT2D eigenvalue weighted by atomic mass is 35.5. The highest BCUT2D eigenvalue weighted by Gasteiger charge is 2.09. The summed E-state index contributed by atoms with van der Waals surface area (Å²) < 4.78 is 4.95. The highest BCUT2D eigenvalue weighted by molar-refractivity contribution is 6.31. The zero-order valence-electron chi connectivity index (χ0n) is 13.0. The Balaban J connectivity index is 2.07. The number of benzene rings is 1. The monoisotopic (exact) mass is 321 g/mol. The molecule has 2 aromatic rings. The van der Waals surface area contributed by atoms with Crippen LogP contribution in [-0.2, 0) is 13.1 Å². The fraction of sp³-hybridized carbons (Fsp3) is 0.400. The lowest BCUT2D eigenvalue weighted by atomic mass is 10.2. The quantitative estimate of drug-likeness (QED) is 0.677. The van der Waals surface area contributed by atoms with E-state index in [0.717, 1.165) is 23.1 Å². The van der Waals surface area contributed by atoms with E-state index < -0.39 is 0 Å². The van der Waals surface area contributed by atoms with E-state index in [4.69, 9.17) is 16.1 Å². The minimum absolute atomic E-state index is 0.368. The van der Waals surface area contributed by atoms with Gasteiger partial charge in [0.25, 0.3) is 0 Å². The van der Waals surface area contributed by atoms with E-state index in [2.05, 4.69) is 20.4 Å². The van der Waals surface area contributed by atoms with Gasteiger partial charge in [0, 0.05) is 32.1 Å². The number of nitrogens with one attached hydrogen (secondary N) is 1. The number of halogens is 1. The summed E-state index contributed by atoms with van der Waals surface area (Å²) in [4.78, 5) is 10.7. The van der Waals surface area contributed by atoms with Crippen molar-refractivity contribution in [2.45, 2.75) is 26.9 Å². The first-order chi connectivity index (χ1) is 10.6. The second-order valence-electron chi connectivity index (χ2n) is 4.85. The molecule has 6 nitrogen and oxygen atoms in total. The number of aryl methyl sites for hydroxylation is 1. The van der Waals surface area contributed by atoms with Gasteiger partial charge >= 0.3 is 0 Å². The standard InChI is InChI=1S/C15H20ClN5O/c1-4-17-15(18-9-14-19-11(2)22-20-14)21(3)10-12-7-5-6-8-13(12)16/h5-8H,4,9-10H2,1-3H3,(H,17,18). The van der Waals surface area contributed by atoms with Crippen molar-refractivity contribution < 1.29 is 4.52 Å². The zero-order chi connectivity index (χ0) is 15.9. The third-order valence-corrected chi connectivity index (χ3v) is 3.37. The van der Waals surface area contributed by atoms with Gasteiger partial charge in [-0.15, -0.1) is 0 Å². The topological polar surface area (TPSA) is 66.5 Å². The fourth-order valence-corrected chi connectivity index (χ4v) is 2.17. The maximum absolute atomic E-state index is 6.21.